The van der Waals surface area contributed by atoms with Crippen LogP contribution in [0.3, 0.4) is 0 Å². The Kier molecular flexibility index (Phi) is 2.75. The first-order chi connectivity index (χ1) is 5.75. The Morgan fingerprint density at radius 2 is 1.83 bits per heavy atom. The lowest BCUT2D eigenvalue weighted by Crippen LogP contribution is -1.79. The molecule has 0 radical (unpaired) electrons. The number of rotatable bonds is 2. The van der Waals surface area contributed by atoms with Crippen LogP contribution in [0, 0.1) is 13.8 Å². The molecule has 0 N–H and O–H groups in total. The van der Waals surface area contributed by atoms with Crippen LogP contribution in [-0.2, 0) is 0 Å². The third-order valence-electron chi connectivity index (χ3n) is 1.71. The lowest BCUT2D eigenvalue weighted by Gasteiger charge is -2.01. The standard InChI is InChI=1S/C10H12N2/c1-8-5-4-6-9(2)10(8)12-7-11-3/h4-7H,3H2,1-2H3. The van der Waals surface area contributed by atoms with Crippen molar-refractivity contribution in [2.24, 2.45) is 9.98 Å². The van der Waals surface area contributed by atoms with Gasteiger partial charge in [-0.25, -0.2) is 4.99 Å². The highest BCUT2D eigenvalue weighted by molar-refractivity contribution is 5.68. The molecule has 0 saturated carbocycles. The molecule has 0 amide bonds. The molecule has 0 spiro atoms. The van der Waals surface area contributed by atoms with Crippen LogP contribution >= 0.6 is 0 Å². The number of nitrogens with zero attached hydrogens (tertiary/aromatic N) is 2. The van der Waals surface area contributed by atoms with E-state index in [1.165, 1.54) is 6.34 Å². The summed E-state index contributed by atoms with van der Waals surface area (Å²) in [5.41, 5.74) is 3.31. The van der Waals surface area contributed by atoms with Crippen LogP contribution in [0.5, 0.6) is 0 Å². The maximum Gasteiger partial charge on any atom is 0.115 e. The number of hydrogen-bond acceptors (Lipinski definition) is 1. The van der Waals surface area contributed by atoms with Crippen molar-refractivity contribution in [3.63, 3.8) is 0 Å². The van der Waals surface area contributed by atoms with Gasteiger partial charge in [0.15, 0.2) is 0 Å². The highest BCUT2D eigenvalue weighted by Gasteiger charge is 1.97. The molecular formula is C10H12N2. The van der Waals surface area contributed by atoms with Crippen molar-refractivity contribution >= 4 is 18.7 Å². The monoisotopic (exact) mass is 160 g/mol. The largest absolute Gasteiger partial charge is 0.253 e. The van der Waals surface area contributed by atoms with Gasteiger partial charge in [-0.3, -0.25) is 4.99 Å². The lowest BCUT2D eigenvalue weighted by atomic mass is 10.1. The SMILES string of the molecule is C=NC=Nc1c(C)cccc1C. The van der Waals surface area contributed by atoms with Crippen LogP contribution in [0.25, 0.3) is 0 Å². The quantitative estimate of drug-likeness (QED) is 0.469. The second kappa shape index (κ2) is 3.81. The van der Waals surface area contributed by atoms with Gasteiger partial charge in [0.1, 0.15) is 6.34 Å². The maximum atomic E-state index is 4.17. The summed E-state index contributed by atoms with van der Waals surface area (Å²) in [6.45, 7) is 7.40. The zero-order valence-corrected chi connectivity index (χ0v) is 7.41. The number of benzene rings is 1. The molecule has 0 saturated heterocycles. The molecule has 0 heterocycles. The zero-order valence-electron chi connectivity index (χ0n) is 7.41. The highest BCUT2D eigenvalue weighted by Crippen LogP contribution is 2.22. The molecular weight excluding hydrogens is 148 g/mol. The van der Waals surface area contributed by atoms with Gasteiger partial charge in [-0.2, -0.15) is 0 Å². The molecule has 0 fully saturated rings. The van der Waals surface area contributed by atoms with E-state index in [-0.39, 0.29) is 0 Å². The van der Waals surface area contributed by atoms with Crippen molar-refractivity contribution < 1.29 is 0 Å². The van der Waals surface area contributed by atoms with Gasteiger partial charge in [-0.05, 0) is 31.7 Å². The third-order valence-corrected chi connectivity index (χ3v) is 1.71. The minimum absolute atomic E-state index is 0.991. The molecule has 0 aromatic heterocycles. The van der Waals surface area contributed by atoms with Crippen molar-refractivity contribution in [1.29, 1.82) is 0 Å². The van der Waals surface area contributed by atoms with Crippen LogP contribution in [0.15, 0.2) is 28.2 Å². The first kappa shape index (κ1) is 8.65. The first-order valence-electron chi connectivity index (χ1n) is 3.80. The Labute approximate surface area is 72.7 Å². The normalized spacial score (nSPS) is 10.5. The van der Waals surface area contributed by atoms with Gasteiger partial charge >= 0.3 is 0 Å². The van der Waals surface area contributed by atoms with Crippen molar-refractivity contribution in [2.45, 2.75) is 13.8 Å². The number of hydrogen-bond donors (Lipinski definition) is 0. The molecule has 0 aliphatic rings. The molecule has 0 bridgehead atoms. The molecule has 2 heteroatoms. The Morgan fingerprint density at radius 1 is 1.25 bits per heavy atom. The molecule has 0 unspecified atom stereocenters. The molecule has 1 rings (SSSR count). The Bertz CT molecular complexity index is 293. The van der Waals surface area contributed by atoms with E-state index < -0.39 is 0 Å². The summed E-state index contributed by atoms with van der Waals surface area (Å²) in [7, 11) is 0. The predicted molar refractivity (Wildman–Crippen MR) is 53.6 cm³/mol. The van der Waals surface area contributed by atoms with Gasteiger partial charge in [0.25, 0.3) is 0 Å². The van der Waals surface area contributed by atoms with E-state index in [4.69, 9.17) is 0 Å². The van der Waals surface area contributed by atoms with Crippen LogP contribution in [0.2, 0.25) is 0 Å². The minimum Gasteiger partial charge on any atom is -0.253 e. The number of para-hydroxylation sites is 1. The van der Waals surface area contributed by atoms with Crippen LogP contribution < -0.4 is 0 Å². The summed E-state index contributed by atoms with van der Waals surface area (Å²) in [6, 6.07) is 6.08. The summed E-state index contributed by atoms with van der Waals surface area (Å²) in [5.74, 6) is 0. The fourth-order valence-electron chi connectivity index (χ4n) is 1.11. The topological polar surface area (TPSA) is 24.7 Å². The summed E-state index contributed by atoms with van der Waals surface area (Å²) >= 11 is 0. The van der Waals surface area contributed by atoms with E-state index in [0.717, 1.165) is 16.8 Å². The van der Waals surface area contributed by atoms with Gasteiger partial charge in [-0.15, -0.1) is 0 Å². The molecule has 62 valence electrons. The van der Waals surface area contributed by atoms with Gasteiger partial charge in [0.2, 0.25) is 0 Å². The lowest BCUT2D eigenvalue weighted by molar-refractivity contribution is 1.33. The molecule has 0 aliphatic carbocycles. The van der Waals surface area contributed by atoms with Gasteiger partial charge in [0.05, 0.1) is 5.69 Å². The summed E-state index contributed by atoms with van der Waals surface area (Å²) in [5, 5.41) is 0. The van der Waals surface area contributed by atoms with E-state index in [0.29, 0.717) is 0 Å². The summed E-state index contributed by atoms with van der Waals surface area (Å²) < 4.78 is 0. The van der Waals surface area contributed by atoms with Crippen molar-refractivity contribution in [3.8, 4) is 0 Å². The fraction of sp³-hybridized carbons (Fsp3) is 0.200. The minimum atomic E-state index is 0.991. The average Bonchev–Trinajstić information content (AvgIpc) is 2.04. The van der Waals surface area contributed by atoms with E-state index in [1.807, 2.05) is 32.0 Å². The van der Waals surface area contributed by atoms with E-state index >= 15 is 0 Å². The third kappa shape index (κ3) is 1.78. The highest BCUT2D eigenvalue weighted by atomic mass is 14.8. The molecule has 12 heavy (non-hydrogen) atoms. The Hall–Kier alpha value is -1.44. The van der Waals surface area contributed by atoms with Crippen molar-refractivity contribution in [1.82, 2.24) is 0 Å². The Morgan fingerprint density at radius 3 is 2.33 bits per heavy atom. The summed E-state index contributed by atoms with van der Waals surface area (Å²) in [4.78, 5) is 7.74. The number of aryl methyl sites for hydroxylation is 2. The molecule has 0 atom stereocenters. The van der Waals surface area contributed by atoms with Crippen LogP contribution in [0.1, 0.15) is 11.1 Å². The van der Waals surface area contributed by atoms with Crippen LogP contribution in [-0.4, -0.2) is 13.1 Å². The van der Waals surface area contributed by atoms with Crippen molar-refractivity contribution in [2.75, 3.05) is 0 Å². The average molecular weight is 160 g/mol. The zero-order chi connectivity index (χ0) is 8.97. The predicted octanol–water partition coefficient (Wildman–Crippen LogP) is 2.66. The van der Waals surface area contributed by atoms with Crippen molar-refractivity contribution in [3.05, 3.63) is 29.3 Å². The van der Waals surface area contributed by atoms with Gasteiger partial charge < -0.3 is 0 Å². The molecule has 0 aliphatic heterocycles. The second-order valence-electron chi connectivity index (χ2n) is 2.67. The smallest absolute Gasteiger partial charge is 0.115 e. The molecule has 2 nitrogen and oxygen atoms in total. The fourth-order valence-corrected chi connectivity index (χ4v) is 1.11. The first-order valence-corrected chi connectivity index (χ1v) is 3.80. The van der Waals surface area contributed by atoms with E-state index in [1.54, 1.807) is 0 Å². The van der Waals surface area contributed by atoms with E-state index in [2.05, 4.69) is 16.7 Å². The molecule has 1 aromatic rings. The Balaban J connectivity index is 3.12. The van der Waals surface area contributed by atoms with Crippen LogP contribution in [0.4, 0.5) is 5.69 Å². The second-order valence-corrected chi connectivity index (χ2v) is 2.67. The van der Waals surface area contributed by atoms with Gasteiger partial charge in [-0.1, -0.05) is 18.2 Å². The van der Waals surface area contributed by atoms with E-state index in [9.17, 15) is 0 Å². The molecule has 1 aromatic carbocycles. The number of aliphatic imine (C=N–C) groups is 2. The van der Waals surface area contributed by atoms with Gasteiger partial charge in [0, 0.05) is 0 Å². The maximum absolute atomic E-state index is 4.17. The summed E-state index contributed by atoms with van der Waals surface area (Å²) in [6.07, 6.45) is 1.47.